The standard InChI is InChI=1S/C36H45N3O4/c1-5-6-7-8-9-21-36(25-38)22-19-29(20-23-36)35(41)42-31-17-18-32(33(39-4)30(31)24-37)43-34(40)28-15-13-27(14-16-28)12-10-11-26(2)3/h11,13,17-18,28-29H,5-10,12,14-16,19-23H2,1-3H3. The summed E-state index contributed by atoms with van der Waals surface area (Å²) in [5.41, 5.74) is 2.01. The number of carbonyl (C=O) groups excluding carboxylic acids is 2. The fraction of sp³-hybridized carbons (Fsp3) is 0.583. The van der Waals surface area contributed by atoms with Gasteiger partial charge in [-0.1, -0.05) is 62.3 Å². The predicted octanol–water partition coefficient (Wildman–Crippen LogP) is 9.45. The van der Waals surface area contributed by atoms with Crippen molar-refractivity contribution < 1.29 is 19.1 Å². The molecule has 43 heavy (non-hydrogen) atoms. The number of esters is 2. The maximum Gasteiger partial charge on any atom is 0.314 e. The highest BCUT2D eigenvalue weighted by Gasteiger charge is 2.38. The molecule has 1 saturated carbocycles. The molecule has 0 aliphatic heterocycles. The summed E-state index contributed by atoms with van der Waals surface area (Å²) in [6.45, 7) is 14.0. The van der Waals surface area contributed by atoms with E-state index in [1.165, 1.54) is 42.5 Å². The molecule has 1 aromatic carbocycles. The summed E-state index contributed by atoms with van der Waals surface area (Å²) in [5, 5.41) is 19.7. The second-order valence-electron chi connectivity index (χ2n) is 12.3. The van der Waals surface area contributed by atoms with Crippen molar-refractivity contribution in [2.24, 2.45) is 17.3 Å². The van der Waals surface area contributed by atoms with Crippen LogP contribution in [0.1, 0.15) is 123 Å². The van der Waals surface area contributed by atoms with Gasteiger partial charge >= 0.3 is 11.9 Å². The van der Waals surface area contributed by atoms with Crippen LogP contribution in [-0.2, 0) is 9.59 Å². The van der Waals surface area contributed by atoms with Gasteiger partial charge in [0.05, 0.1) is 36.0 Å². The van der Waals surface area contributed by atoms with E-state index in [1.807, 2.05) is 6.07 Å². The Morgan fingerprint density at radius 1 is 1.02 bits per heavy atom. The number of carbonyl (C=O) groups is 2. The first-order chi connectivity index (χ1) is 20.8. The van der Waals surface area contributed by atoms with E-state index in [9.17, 15) is 20.1 Å². The summed E-state index contributed by atoms with van der Waals surface area (Å²) in [5.74, 6) is -1.56. The molecule has 1 unspecified atom stereocenters. The minimum absolute atomic E-state index is 0.00471. The van der Waals surface area contributed by atoms with Gasteiger partial charge in [0, 0.05) is 0 Å². The molecule has 0 saturated heterocycles. The molecule has 0 radical (unpaired) electrons. The number of nitriles is 2. The van der Waals surface area contributed by atoms with Crippen LogP contribution in [0.25, 0.3) is 4.85 Å². The molecule has 0 heterocycles. The SMILES string of the molecule is [C-]#[N+]c1c(OC(=O)C2CC=C(CCC=C(C)C)CC2)ccc(OC(=O)C2CCC(C#N)(CCCCCCC)CC2)c1C#N. The summed E-state index contributed by atoms with van der Waals surface area (Å²) in [4.78, 5) is 29.5. The molecule has 0 spiro atoms. The van der Waals surface area contributed by atoms with Crippen molar-refractivity contribution in [3.8, 4) is 23.6 Å². The van der Waals surface area contributed by atoms with Crippen LogP contribution in [-0.4, -0.2) is 11.9 Å². The largest absolute Gasteiger partial charge is 0.438 e. The fourth-order valence-corrected chi connectivity index (χ4v) is 6.09. The van der Waals surface area contributed by atoms with E-state index in [4.69, 9.17) is 16.0 Å². The highest BCUT2D eigenvalue weighted by molar-refractivity contribution is 5.82. The molecule has 0 bridgehead atoms. The summed E-state index contributed by atoms with van der Waals surface area (Å²) in [6.07, 6.45) is 17.4. The number of rotatable bonds is 13. The lowest BCUT2D eigenvalue weighted by Gasteiger charge is -2.34. The zero-order chi connectivity index (χ0) is 31.2. The van der Waals surface area contributed by atoms with Gasteiger partial charge in [-0.15, -0.1) is 0 Å². The van der Waals surface area contributed by atoms with Gasteiger partial charge in [0.2, 0.25) is 5.69 Å². The van der Waals surface area contributed by atoms with E-state index in [-0.39, 0.29) is 40.0 Å². The average Bonchev–Trinajstić information content (AvgIpc) is 3.01. The molecule has 0 amide bonds. The van der Waals surface area contributed by atoms with Crippen molar-refractivity contribution in [2.45, 2.75) is 117 Å². The molecule has 7 heteroatoms. The molecule has 2 aliphatic rings. The van der Waals surface area contributed by atoms with Crippen molar-refractivity contribution in [2.75, 3.05) is 0 Å². The Labute approximate surface area is 257 Å². The smallest absolute Gasteiger partial charge is 0.314 e. The maximum absolute atomic E-state index is 13.1. The zero-order valence-corrected chi connectivity index (χ0v) is 26.0. The van der Waals surface area contributed by atoms with Crippen LogP contribution in [0.3, 0.4) is 0 Å². The summed E-state index contributed by atoms with van der Waals surface area (Å²) < 4.78 is 11.3. The number of benzene rings is 1. The van der Waals surface area contributed by atoms with Crippen molar-refractivity contribution in [3.05, 3.63) is 52.4 Å². The van der Waals surface area contributed by atoms with Crippen molar-refractivity contribution >= 4 is 17.6 Å². The fourth-order valence-electron chi connectivity index (χ4n) is 6.09. The van der Waals surface area contributed by atoms with Crippen LogP contribution < -0.4 is 9.47 Å². The molecule has 1 aromatic rings. The first kappa shape index (κ1) is 33.6. The Kier molecular flexibility index (Phi) is 13.0. The van der Waals surface area contributed by atoms with Crippen molar-refractivity contribution in [1.29, 1.82) is 10.5 Å². The number of hydrogen-bond donors (Lipinski definition) is 0. The molecule has 228 valence electrons. The molecule has 0 aromatic heterocycles. The van der Waals surface area contributed by atoms with Crippen LogP contribution >= 0.6 is 0 Å². The van der Waals surface area contributed by atoms with Crippen molar-refractivity contribution in [1.82, 2.24) is 0 Å². The van der Waals surface area contributed by atoms with Gasteiger partial charge in [-0.3, -0.25) is 9.59 Å². The second-order valence-corrected chi connectivity index (χ2v) is 12.3. The van der Waals surface area contributed by atoms with Crippen LogP contribution in [0.4, 0.5) is 5.69 Å². The van der Waals surface area contributed by atoms with E-state index in [2.05, 4.69) is 43.8 Å². The van der Waals surface area contributed by atoms with E-state index in [0.29, 0.717) is 38.5 Å². The summed E-state index contributed by atoms with van der Waals surface area (Å²) >= 11 is 0. The molecule has 7 nitrogen and oxygen atoms in total. The minimum Gasteiger partial charge on any atom is -0.438 e. The van der Waals surface area contributed by atoms with Gasteiger partial charge in [-0.05, 0) is 90.2 Å². The number of hydrogen-bond acceptors (Lipinski definition) is 6. The molecule has 1 fully saturated rings. The number of unbranched alkanes of at least 4 members (excludes halogenated alkanes) is 4. The maximum atomic E-state index is 13.1. The van der Waals surface area contributed by atoms with Crippen molar-refractivity contribution in [3.63, 3.8) is 0 Å². The van der Waals surface area contributed by atoms with Gasteiger partial charge in [0.1, 0.15) is 17.1 Å². The van der Waals surface area contributed by atoms with Gasteiger partial charge in [0.15, 0.2) is 0 Å². The van der Waals surface area contributed by atoms with Crippen LogP contribution in [0.15, 0.2) is 35.4 Å². The first-order valence-corrected chi connectivity index (χ1v) is 15.9. The Hall–Kier alpha value is -3.89. The van der Waals surface area contributed by atoms with E-state index >= 15 is 0 Å². The third kappa shape index (κ3) is 9.56. The number of nitrogens with zero attached hydrogens (tertiary/aromatic N) is 3. The Morgan fingerprint density at radius 3 is 2.30 bits per heavy atom. The molecular formula is C36H45N3O4. The minimum atomic E-state index is -0.457. The topological polar surface area (TPSA) is 105 Å². The van der Waals surface area contributed by atoms with Gasteiger partial charge in [0.25, 0.3) is 0 Å². The lowest BCUT2D eigenvalue weighted by molar-refractivity contribution is -0.141. The van der Waals surface area contributed by atoms with E-state index in [1.54, 1.807) is 0 Å². The predicted molar refractivity (Wildman–Crippen MR) is 166 cm³/mol. The molecule has 3 rings (SSSR count). The number of ether oxygens (including phenoxy) is 2. The zero-order valence-electron chi connectivity index (χ0n) is 26.0. The van der Waals surface area contributed by atoms with Crippen LogP contribution in [0.2, 0.25) is 0 Å². The first-order valence-electron chi connectivity index (χ1n) is 15.9. The van der Waals surface area contributed by atoms with Gasteiger partial charge in [-0.25, -0.2) is 4.85 Å². The second kappa shape index (κ2) is 16.7. The Balaban J connectivity index is 1.59. The molecule has 1 atom stereocenters. The number of allylic oxidation sites excluding steroid dienone is 4. The third-order valence-electron chi connectivity index (χ3n) is 8.88. The Morgan fingerprint density at radius 2 is 1.70 bits per heavy atom. The van der Waals surface area contributed by atoms with E-state index in [0.717, 1.165) is 38.5 Å². The molecular weight excluding hydrogens is 538 g/mol. The van der Waals surface area contributed by atoms with Gasteiger partial charge in [-0.2, -0.15) is 10.5 Å². The lowest BCUT2D eigenvalue weighted by Crippen LogP contribution is -2.31. The lowest BCUT2D eigenvalue weighted by atomic mass is 9.69. The average molecular weight is 584 g/mol. The third-order valence-corrected chi connectivity index (χ3v) is 8.88. The Bertz CT molecular complexity index is 1330. The van der Waals surface area contributed by atoms with Gasteiger partial charge < -0.3 is 9.47 Å². The summed E-state index contributed by atoms with van der Waals surface area (Å²) in [6, 6.07) is 7.36. The van der Waals surface area contributed by atoms with Crippen LogP contribution in [0.5, 0.6) is 11.5 Å². The van der Waals surface area contributed by atoms with E-state index < -0.39 is 11.9 Å². The highest BCUT2D eigenvalue weighted by atomic mass is 16.5. The van der Waals surface area contributed by atoms with Crippen LogP contribution in [0, 0.1) is 46.5 Å². The molecule has 2 aliphatic carbocycles. The molecule has 0 N–H and O–H groups in total. The normalized spacial score (nSPS) is 21.3. The monoisotopic (exact) mass is 583 g/mol. The highest BCUT2D eigenvalue weighted by Crippen LogP contribution is 2.44. The quantitative estimate of drug-likeness (QED) is 0.0753. The summed E-state index contributed by atoms with van der Waals surface area (Å²) in [7, 11) is 0.